The van der Waals surface area contributed by atoms with Crippen molar-refractivity contribution in [1.82, 2.24) is 4.98 Å². The summed E-state index contributed by atoms with van der Waals surface area (Å²) in [5.41, 5.74) is 3.38. The van der Waals surface area contributed by atoms with Gasteiger partial charge < -0.3 is 10.1 Å². The molecular weight excluding hydrogens is 356 g/mol. The van der Waals surface area contributed by atoms with Gasteiger partial charge >= 0.3 is 0 Å². The number of aromatic nitrogens is 1. The van der Waals surface area contributed by atoms with Gasteiger partial charge in [-0.05, 0) is 61.1 Å². The second kappa shape index (κ2) is 9.00. The molecule has 0 spiro atoms. The molecular formula is C22H26N2O2S. The number of hydrogen-bond donors (Lipinski definition) is 1. The van der Waals surface area contributed by atoms with Gasteiger partial charge in [-0.3, -0.25) is 4.79 Å². The Labute approximate surface area is 164 Å². The van der Waals surface area contributed by atoms with Gasteiger partial charge in [-0.25, -0.2) is 4.98 Å². The number of thiazole rings is 1. The maximum absolute atomic E-state index is 12.3. The van der Waals surface area contributed by atoms with E-state index in [1.54, 1.807) is 0 Å². The monoisotopic (exact) mass is 382 g/mol. The van der Waals surface area contributed by atoms with Crippen molar-refractivity contribution in [2.45, 2.75) is 46.0 Å². The Kier molecular flexibility index (Phi) is 6.45. The largest absolute Gasteiger partial charge is 0.494 e. The number of anilines is 1. The van der Waals surface area contributed by atoms with Crippen molar-refractivity contribution >= 4 is 32.6 Å². The van der Waals surface area contributed by atoms with E-state index in [0.29, 0.717) is 30.5 Å². The van der Waals surface area contributed by atoms with E-state index in [9.17, 15) is 4.79 Å². The number of carbonyl (C=O) groups excluding carboxylic acids is 1. The molecule has 0 aliphatic rings. The van der Waals surface area contributed by atoms with Gasteiger partial charge in [0.1, 0.15) is 5.75 Å². The van der Waals surface area contributed by atoms with Gasteiger partial charge in [-0.15, -0.1) is 0 Å². The molecule has 0 aliphatic heterocycles. The molecule has 0 radical (unpaired) electrons. The van der Waals surface area contributed by atoms with E-state index in [0.717, 1.165) is 28.0 Å². The number of carbonyl (C=O) groups is 1. The van der Waals surface area contributed by atoms with Crippen LogP contribution in [0.4, 0.5) is 5.13 Å². The number of benzene rings is 2. The third kappa shape index (κ3) is 5.07. The predicted molar refractivity (Wildman–Crippen MR) is 113 cm³/mol. The molecule has 2 aromatic carbocycles. The van der Waals surface area contributed by atoms with Crippen LogP contribution in [0, 0.1) is 0 Å². The number of rotatable bonds is 8. The molecule has 1 unspecified atom stereocenters. The number of hydrogen-bond acceptors (Lipinski definition) is 4. The molecule has 27 heavy (non-hydrogen) atoms. The van der Waals surface area contributed by atoms with Crippen molar-refractivity contribution < 1.29 is 9.53 Å². The minimum Gasteiger partial charge on any atom is -0.494 e. The maximum atomic E-state index is 12.3. The van der Waals surface area contributed by atoms with Crippen LogP contribution in [0.15, 0.2) is 42.5 Å². The van der Waals surface area contributed by atoms with Gasteiger partial charge in [0.2, 0.25) is 5.91 Å². The van der Waals surface area contributed by atoms with Crippen LogP contribution in [0.5, 0.6) is 5.75 Å². The van der Waals surface area contributed by atoms with Crippen LogP contribution < -0.4 is 10.1 Å². The van der Waals surface area contributed by atoms with Crippen molar-refractivity contribution in [2.24, 2.45) is 0 Å². The first kappa shape index (κ1) is 19.4. The van der Waals surface area contributed by atoms with Gasteiger partial charge in [0.05, 0.1) is 16.8 Å². The normalized spacial score (nSPS) is 12.1. The molecule has 3 aromatic rings. The van der Waals surface area contributed by atoms with Crippen molar-refractivity contribution in [3.8, 4) is 5.75 Å². The fourth-order valence-electron chi connectivity index (χ4n) is 2.90. The number of amides is 1. The average molecular weight is 383 g/mol. The zero-order valence-electron chi connectivity index (χ0n) is 16.1. The number of ether oxygens (including phenoxy) is 1. The van der Waals surface area contributed by atoms with Crippen LogP contribution >= 0.6 is 11.3 Å². The van der Waals surface area contributed by atoms with Gasteiger partial charge in [0.25, 0.3) is 0 Å². The molecule has 3 rings (SSSR count). The zero-order chi connectivity index (χ0) is 19.2. The van der Waals surface area contributed by atoms with Crippen molar-refractivity contribution in [1.29, 1.82) is 0 Å². The van der Waals surface area contributed by atoms with Crippen LogP contribution in [0.3, 0.4) is 0 Å². The van der Waals surface area contributed by atoms with Gasteiger partial charge in [0, 0.05) is 6.42 Å². The molecule has 0 bridgehead atoms. The van der Waals surface area contributed by atoms with E-state index in [1.807, 2.05) is 37.3 Å². The summed E-state index contributed by atoms with van der Waals surface area (Å²) in [5, 5.41) is 3.61. The Balaban J connectivity index is 1.58. The first-order valence-corrected chi connectivity index (χ1v) is 10.3. The number of fused-ring (bicyclic) bond motifs is 1. The quantitative estimate of drug-likeness (QED) is 0.537. The topological polar surface area (TPSA) is 51.2 Å². The predicted octanol–water partition coefficient (Wildman–Crippen LogP) is 5.78. The summed E-state index contributed by atoms with van der Waals surface area (Å²) >= 11 is 1.54. The van der Waals surface area contributed by atoms with Crippen molar-refractivity contribution in [3.63, 3.8) is 0 Å². The first-order valence-electron chi connectivity index (χ1n) is 9.51. The lowest BCUT2D eigenvalue weighted by atomic mass is 9.99. The summed E-state index contributed by atoms with van der Waals surface area (Å²) in [5.74, 6) is 1.38. The fraction of sp³-hybridized carbons (Fsp3) is 0.364. The van der Waals surface area contributed by atoms with Crippen LogP contribution in [0.1, 0.15) is 50.7 Å². The highest BCUT2D eigenvalue weighted by atomic mass is 32.1. The second-order valence-electron chi connectivity index (χ2n) is 6.68. The highest BCUT2D eigenvalue weighted by Gasteiger charge is 2.10. The summed E-state index contributed by atoms with van der Waals surface area (Å²) in [4.78, 5) is 16.8. The van der Waals surface area contributed by atoms with Gasteiger partial charge in [0.15, 0.2) is 5.13 Å². The molecule has 4 nitrogen and oxygen atoms in total. The minimum absolute atomic E-state index is 0.00918. The Morgan fingerprint density at radius 3 is 2.67 bits per heavy atom. The third-order valence-corrected chi connectivity index (χ3v) is 5.65. The number of nitrogens with one attached hydrogen (secondary N) is 1. The standard InChI is InChI=1S/C22H26N2O2S/c1-4-15(3)17-9-12-19-20(14-17)27-22(23-19)24-21(25)13-8-16-6-10-18(11-7-16)26-5-2/h6-7,9-12,14-15H,4-5,8,13H2,1-3H3,(H,23,24,25). The Morgan fingerprint density at radius 1 is 1.19 bits per heavy atom. The summed E-state index contributed by atoms with van der Waals surface area (Å²) < 4.78 is 6.56. The molecule has 1 N–H and O–H groups in total. The molecule has 1 aromatic heterocycles. The summed E-state index contributed by atoms with van der Waals surface area (Å²) in [7, 11) is 0. The summed E-state index contributed by atoms with van der Waals surface area (Å²) in [6.45, 7) is 7.04. The highest BCUT2D eigenvalue weighted by Crippen LogP contribution is 2.30. The lowest BCUT2D eigenvalue weighted by Crippen LogP contribution is -2.12. The molecule has 5 heteroatoms. The van der Waals surface area contributed by atoms with E-state index < -0.39 is 0 Å². The van der Waals surface area contributed by atoms with Crippen LogP contribution in [0.2, 0.25) is 0 Å². The maximum Gasteiger partial charge on any atom is 0.226 e. The number of aryl methyl sites for hydroxylation is 1. The smallest absolute Gasteiger partial charge is 0.226 e. The third-order valence-electron chi connectivity index (χ3n) is 4.72. The Hall–Kier alpha value is -2.40. The van der Waals surface area contributed by atoms with Gasteiger partial charge in [-0.2, -0.15) is 0 Å². The lowest BCUT2D eigenvalue weighted by Gasteiger charge is -2.07. The average Bonchev–Trinajstić information content (AvgIpc) is 3.08. The molecule has 1 atom stereocenters. The van der Waals surface area contributed by atoms with E-state index >= 15 is 0 Å². The lowest BCUT2D eigenvalue weighted by molar-refractivity contribution is -0.116. The molecule has 0 saturated carbocycles. The van der Waals surface area contributed by atoms with E-state index in [-0.39, 0.29) is 5.91 Å². The highest BCUT2D eigenvalue weighted by molar-refractivity contribution is 7.22. The van der Waals surface area contributed by atoms with E-state index in [2.05, 4.69) is 36.3 Å². The molecule has 0 aliphatic carbocycles. The number of nitrogens with zero attached hydrogens (tertiary/aromatic N) is 1. The van der Waals surface area contributed by atoms with Crippen LogP contribution in [0.25, 0.3) is 10.2 Å². The SMILES string of the molecule is CCOc1ccc(CCC(=O)Nc2nc3ccc(C(C)CC)cc3s2)cc1. The summed E-state index contributed by atoms with van der Waals surface area (Å²) in [6, 6.07) is 14.3. The Bertz CT molecular complexity index is 902. The Morgan fingerprint density at radius 2 is 1.96 bits per heavy atom. The first-order chi connectivity index (χ1) is 13.1. The van der Waals surface area contributed by atoms with Crippen molar-refractivity contribution in [3.05, 3.63) is 53.6 Å². The molecule has 0 saturated heterocycles. The molecule has 0 fully saturated rings. The summed E-state index contributed by atoms with van der Waals surface area (Å²) in [6.07, 6.45) is 2.24. The van der Waals surface area contributed by atoms with E-state index in [1.165, 1.54) is 16.9 Å². The zero-order valence-corrected chi connectivity index (χ0v) is 16.9. The van der Waals surface area contributed by atoms with E-state index in [4.69, 9.17) is 4.74 Å². The van der Waals surface area contributed by atoms with Crippen molar-refractivity contribution in [2.75, 3.05) is 11.9 Å². The molecule has 142 valence electrons. The molecule has 1 amide bonds. The van der Waals surface area contributed by atoms with Gasteiger partial charge in [-0.1, -0.05) is 43.4 Å². The van der Waals surface area contributed by atoms with Crippen LogP contribution in [-0.2, 0) is 11.2 Å². The minimum atomic E-state index is -0.00918. The molecule has 1 heterocycles. The fourth-order valence-corrected chi connectivity index (χ4v) is 3.83. The van der Waals surface area contributed by atoms with Crippen LogP contribution in [-0.4, -0.2) is 17.5 Å². The second-order valence-corrected chi connectivity index (χ2v) is 7.71.